The molecular formula is C18H22N4O3. The monoisotopic (exact) mass is 342 g/mol. The highest BCUT2D eigenvalue weighted by atomic mass is 16.5. The molecule has 0 fully saturated rings. The van der Waals surface area contributed by atoms with Gasteiger partial charge in [-0.05, 0) is 30.7 Å². The Morgan fingerprint density at radius 2 is 2.12 bits per heavy atom. The lowest BCUT2D eigenvalue weighted by Gasteiger charge is -2.15. The van der Waals surface area contributed by atoms with Crippen LogP contribution < -0.4 is 4.74 Å². The summed E-state index contributed by atoms with van der Waals surface area (Å²) in [6, 6.07) is 9.19. The number of benzene rings is 1. The Kier molecular flexibility index (Phi) is 6.96. The van der Waals surface area contributed by atoms with Crippen LogP contribution in [0, 0.1) is 11.3 Å². The van der Waals surface area contributed by atoms with Gasteiger partial charge in [0.25, 0.3) is 5.91 Å². The molecule has 0 aliphatic rings. The first-order valence-corrected chi connectivity index (χ1v) is 8.30. The van der Waals surface area contributed by atoms with Gasteiger partial charge in [0.15, 0.2) is 6.61 Å². The van der Waals surface area contributed by atoms with E-state index in [9.17, 15) is 4.79 Å². The first-order valence-electron chi connectivity index (χ1n) is 8.30. The Morgan fingerprint density at radius 1 is 1.36 bits per heavy atom. The zero-order valence-corrected chi connectivity index (χ0v) is 14.6. The first-order chi connectivity index (χ1) is 12.1. The summed E-state index contributed by atoms with van der Waals surface area (Å²) in [6.07, 6.45) is 3.19. The number of unbranched alkanes of at least 4 members (excludes halogenated alkanes) is 1. The van der Waals surface area contributed by atoms with Crippen molar-refractivity contribution in [2.45, 2.75) is 32.6 Å². The Morgan fingerprint density at radius 3 is 2.80 bits per heavy atom. The van der Waals surface area contributed by atoms with Crippen LogP contribution in [0.4, 0.5) is 0 Å². The summed E-state index contributed by atoms with van der Waals surface area (Å²) >= 11 is 0. The van der Waals surface area contributed by atoms with Gasteiger partial charge < -0.3 is 14.2 Å². The van der Waals surface area contributed by atoms with Gasteiger partial charge in [-0.2, -0.15) is 10.2 Å². The molecule has 0 saturated carbocycles. The van der Waals surface area contributed by atoms with Crippen LogP contribution >= 0.6 is 0 Å². The zero-order valence-electron chi connectivity index (χ0n) is 14.6. The van der Waals surface area contributed by atoms with Crippen LogP contribution in [0.5, 0.6) is 5.75 Å². The molecule has 0 N–H and O–H groups in total. The van der Waals surface area contributed by atoms with Gasteiger partial charge in [0, 0.05) is 25.6 Å². The Bertz CT molecular complexity index is 719. The molecule has 2 aromatic rings. The van der Waals surface area contributed by atoms with Crippen molar-refractivity contribution in [1.29, 1.82) is 5.26 Å². The predicted molar refractivity (Wildman–Crippen MR) is 91.7 cm³/mol. The maximum atomic E-state index is 11.9. The maximum Gasteiger partial charge on any atom is 0.260 e. The molecule has 0 aliphatic heterocycles. The van der Waals surface area contributed by atoms with E-state index in [1.807, 2.05) is 18.2 Å². The molecule has 0 atom stereocenters. The summed E-state index contributed by atoms with van der Waals surface area (Å²) in [7, 11) is 1.65. The number of nitriles is 1. The third kappa shape index (κ3) is 5.60. The number of ether oxygens (including phenoxy) is 1. The summed E-state index contributed by atoms with van der Waals surface area (Å²) in [4.78, 5) is 17.7. The summed E-state index contributed by atoms with van der Waals surface area (Å²) in [6.45, 7) is 2.45. The van der Waals surface area contributed by atoms with Crippen molar-refractivity contribution in [2.24, 2.45) is 0 Å². The molecule has 7 heteroatoms. The molecule has 0 radical (unpaired) electrons. The van der Waals surface area contributed by atoms with Gasteiger partial charge >= 0.3 is 0 Å². The number of likely N-dealkylation sites (N-methyl/N-ethyl adjacent to an activating group) is 1. The third-order valence-corrected chi connectivity index (χ3v) is 3.67. The zero-order chi connectivity index (χ0) is 18.1. The van der Waals surface area contributed by atoms with E-state index >= 15 is 0 Å². The van der Waals surface area contributed by atoms with Crippen LogP contribution in [-0.2, 0) is 11.2 Å². The quantitative estimate of drug-likeness (QED) is 0.696. The summed E-state index contributed by atoms with van der Waals surface area (Å²) in [5.74, 6) is 1.60. The molecule has 0 bridgehead atoms. The van der Waals surface area contributed by atoms with Crippen molar-refractivity contribution in [1.82, 2.24) is 15.0 Å². The number of hydrogen-bond acceptors (Lipinski definition) is 6. The van der Waals surface area contributed by atoms with Gasteiger partial charge in [0.2, 0.25) is 11.7 Å². The second kappa shape index (κ2) is 9.42. The summed E-state index contributed by atoms with van der Waals surface area (Å²) < 4.78 is 10.7. The van der Waals surface area contributed by atoms with Crippen molar-refractivity contribution in [3.8, 4) is 23.2 Å². The highest BCUT2D eigenvalue weighted by Gasteiger charge is 2.11. The van der Waals surface area contributed by atoms with E-state index in [0.717, 1.165) is 24.8 Å². The standard InChI is InChI=1S/C18H22N4O3/c1-3-4-6-16-20-18(21-25-16)14-7-9-15(10-8-14)24-13-17(23)22(2)12-5-11-19/h7-10H,3-6,12-13H2,1-2H3. The lowest BCUT2D eigenvalue weighted by molar-refractivity contribution is -0.131. The fourth-order valence-electron chi connectivity index (χ4n) is 2.10. The number of carbonyl (C=O) groups is 1. The molecule has 0 unspecified atom stereocenters. The first kappa shape index (κ1) is 18.5. The molecule has 0 aliphatic carbocycles. The number of carbonyl (C=O) groups excluding carboxylic acids is 1. The van der Waals surface area contributed by atoms with Gasteiger partial charge in [-0.15, -0.1) is 0 Å². The fourth-order valence-corrected chi connectivity index (χ4v) is 2.10. The van der Waals surface area contributed by atoms with E-state index < -0.39 is 0 Å². The number of nitrogens with zero attached hydrogens (tertiary/aromatic N) is 4. The molecular weight excluding hydrogens is 320 g/mol. The number of hydrogen-bond donors (Lipinski definition) is 0. The van der Waals surface area contributed by atoms with Crippen molar-refractivity contribution in [2.75, 3.05) is 20.2 Å². The number of rotatable bonds is 9. The highest BCUT2D eigenvalue weighted by molar-refractivity contribution is 5.77. The lowest BCUT2D eigenvalue weighted by Crippen LogP contribution is -2.32. The summed E-state index contributed by atoms with van der Waals surface area (Å²) in [5.41, 5.74) is 0.830. The third-order valence-electron chi connectivity index (χ3n) is 3.67. The highest BCUT2D eigenvalue weighted by Crippen LogP contribution is 2.20. The van der Waals surface area contributed by atoms with Crippen LogP contribution in [0.1, 0.15) is 32.1 Å². The molecule has 1 heterocycles. The average molecular weight is 342 g/mol. The number of aromatic nitrogens is 2. The molecule has 7 nitrogen and oxygen atoms in total. The van der Waals surface area contributed by atoms with Crippen LogP contribution in [0.25, 0.3) is 11.4 Å². The maximum absolute atomic E-state index is 11.9. The second-order valence-corrected chi connectivity index (χ2v) is 5.65. The molecule has 25 heavy (non-hydrogen) atoms. The van der Waals surface area contributed by atoms with E-state index in [4.69, 9.17) is 14.5 Å². The van der Waals surface area contributed by atoms with Gasteiger partial charge in [0.05, 0.1) is 12.5 Å². The SMILES string of the molecule is CCCCc1nc(-c2ccc(OCC(=O)N(C)CCC#N)cc2)no1. The Labute approximate surface area is 147 Å². The van der Waals surface area contributed by atoms with Gasteiger partial charge in [-0.25, -0.2) is 0 Å². The molecule has 0 saturated heterocycles. The number of aryl methyl sites for hydroxylation is 1. The largest absolute Gasteiger partial charge is 0.484 e. The fraction of sp³-hybridized carbons (Fsp3) is 0.444. The van der Waals surface area contributed by atoms with Gasteiger partial charge in [-0.3, -0.25) is 4.79 Å². The van der Waals surface area contributed by atoms with E-state index in [1.54, 1.807) is 19.2 Å². The van der Waals surface area contributed by atoms with Crippen LogP contribution in [0.2, 0.25) is 0 Å². The molecule has 132 valence electrons. The van der Waals surface area contributed by atoms with Gasteiger partial charge in [-0.1, -0.05) is 18.5 Å². The lowest BCUT2D eigenvalue weighted by atomic mass is 10.2. The van der Waals surface area contributed by atoms with Gasteiger partial charge in [0.1, 0.15) is 5.75 Å². The molecule has 1 aromatic carbocycles. The molecule has 0 spiro atoms. The summed E-state index contributed by atoms with van der Waals surface area (Å²) in [5, 5.41) is 12.5. The average Bonchev–Trinajstić information content (AvgIpc) is 3.11. The minimum Gasteiger partial charge on any atom is -0.484 e. The van der Waals surface area contributed by atoms with Crippen LogP contribution in [0.15, 0.2) is 28.8 Å². The molecule has 1 aromatic heterocycles. The van der Waals surface area contributed by atoms with E-state index in [2.05, 4.69) is 17.1 Å². The normalized spacial score (nSPS) is 10.3. The molecule has 1 amide bonds. The topological polar surface area (TPSA) is 92.2 Å². The van der Waals surface area contributed by atoms with Crippen molar-refractivity contribution >= 4 is 5.91 Å². The number of amides is 1. The van der Waals surface area contributed by atoms with E-state index in [-0.39, 0.29) is 12.5 Å². The van der Waals surface area contributed by atoms with Crippen molar-refractivity contribution < 1.29 is 14.1 Å². The minimum atomic E-state index is -0.168. The Balaban J connectivity index is 1.88. The Hall–Kier alpha value is -2.88. The van der Waals surface area contributed by atoms with Crippen molar-refractivity contribution in [3.05, 3.63) is 30.2 Å². The molecule has 2 rings (SSSR count). The van der Waals surface area contributed by atoms with E-state index in [0.29, 0.717) is 30.4 Å². The van der Waals surface area contributed by atoms with Crippen molar-refractivity contribution in [3.63, 3.8) is 0 Å². The van der Waals surface area contributed by atoms with E-state index in [1.165, 1.54) is 4.90 Å². The van der Waals surface area contributed by atoms with Crippen LogP contribution in [-0.4, -0.2) is 41.1 Å². The van der Waals surface area contributed by atoms with Crippen LogP contribution in [0.3, 0.4) is 0 Å². The predicted octanol–water partition coefficient (Wildman–Crippen LogP) is 2.83. The smallest absolute Gasteiger partial charge is 0.260 e. The second-order valence-electron chi connectivity index (χ2n) is 5.65. The minimum absolute atomic E-state index is 0.0648.